The van der Waals surface area contributed by atoms with Gasteiger partial charge in [0.25, 0.3) is 0 Å². The summed E-state index contributed by atoms with van der Waals surface area (Å²) in [6.45, 7) is 0.208. The van der Waals surface area contributed by atoms with E-state index >= 15 is 0 Å². The van der Waals surface area contributed by atoms with Crippen LogP contribution in [-0.2, 0) is 10.3 Å². The fourth-order valence-corrected chi connectivity index (χ4v) is 2.43. The molecule has 4 nitrogen and oxygen atoms in total. The molecule has 0 saturated carbocycles. The van der Waals surface area contributed by atoms with Crippen molar-refractivity contribution < 1.29 is 27.8 Å². The van der Waals surface area contributed by atoms with Crippen molar-refractivity contribution in [2.45, 2.75) is 18.6 Å². The highest BCUT2D eigenvalue weighted by molar-refractivity contribution is 5.83. The maximum Gasteiger partial charge on any atom is 0.401 e. The minimum Gasteiger partial charge on any atom is -0.493 e. The number of carboxylic acid groups (broad SMARTS) is 1. The summed E-state index contributed by atoms with van der Waals surface area (Å²) >= 11 is 0. The van der Waals surface area contributed by atoms with Gasteiger partial charge in [-0.25, -0.2) is 4.79 Å². The number of carbonyl (C=O) groups is 1. The van der Waals surface area contributed by atoms with Gasteiger partial charge in [0.05, 0.1) is 13.2 Å². The van der Waals surface area contributed by atoms with Crippen molar-refractivity contribution in [1.82, 2.24) is 5.32 Å². The maximum absolute atomic E-state index is 12.5. The summed E-state index contributed by atoms with van der Waals surface area (Å²) in [5, 5.41) is 11.7. The van der Waals surface area contributed by atoms with Crippen molar-refractivity contribution in [1.29, 1.82) is 0 Å². The third-order valence-corrected chi connectivity index (χ3v) is 3.44. The molecular formula is C13H14F3NO3. The molecule has 20 heavy (non-hydrogen) atoms. The number of nitrogens with one attached hydrogen (secondary N) is 1. The van der Waals surface area contributed by atoms with Gasteiger partial charge in [-0.1, -0.05) is 25.1 Å². The van der Waals surface area contributed by atoms with Crippen LogP contribution < -0.4 is 10.1 Å². The molecule has 2 rings (SSSR count). The van der Waals surface area contributed by atoms with Crippen LogP contribution >= 0.6 is 0 Å². The number of hydrogen-bond donors (Lipinski definition) is 2. The number of alkyl halides is 3. The van der Waals surface area contributed by atoms with E-state index < -0.39 is 30.1 Å². The molecule has 0 spiro atoms. The topological polar surface area (TPSA) is 58.6 Å². The number of halogens is 3. The molecule has 1 aromatic carbocycles. The minimum absolute atomic E-state index is 0.0359. The number of fused-ring (bicyclic) bond motifs is 1. The number of carboxylic acids is 1. The lowest BCUT2D eigenvalue weighted by Crippen LogP contribution is -2.59. The molecule has 1 aromatic rings. The van der Waals surface area contributed by atoms with Gasteiger partial charge in [0.15, 0.2) is 5.54 Å². The fraction of sp³-hybridized carbons (Fsp3) is 0.462. The molecular weight excluding hydrogens is 275 g/mol. The quantitative estimate of drug-likeness (QED) is 0.895. The summed E-state index contributed by atoms with van der Waals surface area (Å²) in [7, 11) is 0. The number of para-hydroxylation sites is 1. The van der Waals surface area contributed by atoms with Crippen LogP contribution in [0.5, 0.6) is 5.75 Å². The Labute approximate surface area is 113 Å². The van der Waals surface area contributed by atoms with E-state index in [1.165, 1.54) is 6.07 Å². The Balaban J connectivity index is 2.47. The van der Waals surface area contributed by atoms with E-state index in [1.807, 2.05) is 0 Å². The molecule has 0 saturated heterocycles. The minimum atomic E-state index is -4.49. The van der Waals surface area contributed by atoms with Crippen LogP contribution in [0.25, 0.3) is 0 Å². The standard InChI is InChI=1S/C13H14F3NO3/c1-8-6-20-10-5-3-2-4-9(10)13(8,11(18)19)17-7-12(14,15)16/h2-5,8,17H,6-7H2,1H3,(H,18,19). The number of benzene rings is 1. The molecule has 0 bridgehead atoms. The smallest absolute Gasteiger partial charge is 0.401 e. The SMILES string of the molecule is CC1COc2ccccc2C1(NCC(F)(F)F)C(=O)O. The van der Waals surface area contributed by atoms with Crippen molar-refractivity contribution in [3.63, 3.8) is 0 Å². The number of ether oxygens (including phenoxy) is 1. The Morgan fingerprint density at radius 3 is 2.75 bits per heavy atom. The van der Waals surface area contributed by atoms with Gasteiger partial charge in [-0.2, -0.15) is 13.2 Å². The van der Waals surface area contributed by atoms with E-state index in [2.05, 4.69) is 5.32 Å². The number of aliphatic carboxylic acids is 1. The summed E-state index contributed by atoms with van der Waals surface area (Å²) < 4.78 is 42.8. The molecule has 1 aliphatic heterocycles. The third-order valence-electron chi connectivity index (χ3n) is 3.44. The fourth-order valence-electron chi connectivity index (χ4n) is 2.43. The lowest BCUT2D eigenvalue weighted by Gasteiger charge is -2.41. The van der Waals surface area contributed by atoms with Gasteiger partial charge in [-0.05, 0) is 6.07 Å². The van der Waals surface area contributed by atoms with Crippen LogP contribution in [0.15, 0.2) is 24.3 Å². The second-order valence-electron chi connectivity index (χ2n) is 4.79. The second-order valence-corrected chi connectivity index (χ2v) is 4.79. The summed E-state index contributed by atoms with van der Waals surface area (Å²) in [6.07, 6.45) is -4.49. The first kappa shape index (κ1) is 14.6. The first-order chi connectivity index (χ1) is 9.27. The van der Waals surface area contributed by atoms with Crippen molar-refractivity contribution in [2.24, 2.45) is 5.92 Å². The lowest BCUT2D eigenvalue weighted by molar-refractivity contribution is -0.156. The Hall–Kier alpha value is -1.76. The Kier molecular flexibility index (Phi) is 3.64. The van der Waals surface area contributed by atoms with Crippen molar-refractivity contribution in [2.75, 3.05) is 13.2 Å². The Bertz CT molecular complexity index is 518. The first-order valence-corrected chi connectivity index (χ1v) is 6.05. The summed E-state index contributed by atoms with van der Waals surface area (Å²) in [5.41, 5.74) is -1.58. The summed E-state index contributed by atoms with van der Waals surface area (Å²) in [6, 6.07) is 6.25. The third kappa shape index (κ3) is 2.45. The maximum atomic E-state index is 12.5. The van der Waals surface area contributed by atoms with Crippen LogP contribution in [0.3, 0.4) is 0 Å². The van der Waals surface area contributed by atoms with E-state index in [4.69, 9.17) is 4.74 Å². The number of rotatable bonds is 3. The highest BCUT2D eigenvalue weighted by atomic mass is 19.4. The molecule has 0 aliphatic carbocycles. The molecule has 1 aliphatic rings. The predicted molar refractivity (Wildman–Crippen MR) is 64.5 cm³/mol. The van der Waals surface area contributed by atoms with Crippen LogP contribution in [0.4, 0.5) is 13.2 Å². The van der Waals surface area contributed by atoms with E-state index in [0.717, 1.165) is 0 Å². The van der Waals surface area contributed by atoms with Gasteiger partial charge in [-0.15, -0.1) is 0 Å². The molecule has 7 heteroatoms. The predicted octanol–water partition coefficient (Wildman–Crippen LogP) is 2.15. The molecule has 0 amide bonds. The van der Waals surface area contributed by atoms with Gasteiger partial charge in [0.2, 0.25) is 0 Å². The van der Waals surface area contributed by atoms with Crippen molar-refractivity contribution in [3.8, 4) is 5.75 Å². The van der Waals surface area contributed by atoms with Gasteiger partial charge in [-0.3, -0.25) is 5.32 Å². The van der Waals surface area contributed by atoms with E-state index in [0.29, 0.717) is 5.75 Å². The van der Waals surface area contributed by atoms with Crippen molar-refractivity contribution in [3.05, 3.63) is 29.8 Å². The monoisotopic (exact) mass is 289 g/mol. The van der Waals surface area contributed by atoms with Gasteiger partial charge < -0.3 is 9.84 Å². The van der Waals surface area contributed by atoms with Crippen LogP contribution in [-0.4, -0.2) is 30.4 Å². The summed E-state index contributed by atoms with van der Waals surface area (Å²) in [4.78, 5) is 11.7. The van der Waals surface area contributed by atoms with Crippen molar-refractivity contribution >= 4 is 5.97 Å². The first-order valence-electron chi connectivity index (χ1n) is 6.05. The average molecular weight is 289 g/mol. The Morgan fingerprint density at radius 1 is 1.50 bits per heavy atom. The molecule has 2 unspecified atom stereocenters. The van der Waals surface area contributed by atoms with Gasteiger partial charge in [0, 0.05) is 11.5 Å². The van der Waals surface area contributed by atoms with Gasteiger partial charge >= 0.3 is 12.1 Å². The zero-order chi connectivity index (χ0) is 15.0. The van der Waals surface area contributed by atoms with Crippen LogP contribution in [0.2, 0.25) is 0 Å². The normalized spacial score (nSPS) is 25.7. The largest absolute Gasteiger partial charge is 0.493 e. The second kappa shape index (κ2) is 4.97. The molecule has 2 atom stereocenters. The van der Waals surface area contributed by atoms with E-state index in [9.17, 15) is 23.1 Å². The highest BCUT2D eigenvalue weighted by Crippen LogP contribution is 2.41. The summed E-state index contributed by atoms with van der Waals surface area (Å²) in [5.74, 6) is -1.69. The lowest BCUT2D eigenvalue weighted by atomic mass is 9.77. The molecule has 2 N–H and O–H groups in total. The molecule has 1 heterocycles. The zero-order valence-electron chi connectivity index (χ0n) is 10.7. The highest BCUT2D eigenvalue weighted by Gasteiger charge is 2.51. The molecule has 0 fully saturated rings. The number of hydrogen-bond acceptors (Lipinski definition) is 3. The Morgan fingerprint density at radius 2 is 2.15 bits per heavy atom. The van der Waals surface area contributed by atoms with Crippen LogP contribution in [0.1, 0.15) is 12.5 Å². The van der Waals surface area contributed by atoms with E-state index in [1.54, 1.807) is 25.1 Å². The average Bonchev–Trinajstić information content (AvgIpc) is 2.36. The van der Waals surface area contributed by atoms with Gasteiger partial charge in [0.1, 0.15) is 5.75 Å². The molecule has 0 aromatic heterocycles. The zero-order valence-corrected chi connectivity index (χ0v) is 10.7. The molecule has 0 radical (unpaired) electrons. The van der Waals surface area contributed by atoms with Crippen LogP contribution in [0, 0.1) is 5.92 Å². The molecule has 110 valence electrons. The van der Waals surface area contributed by atoms with E-state index in [-0.39, 0.29) is 12.2 Å².